The highest BCUT2D eigenvalue weighted by atomic mass is 32.2. The van der Waals surface area contributed by atoms with E-state index in [1.54, 1.807) is 0 Å². The van der Waals surface area contributed by atoms with Gasteiger partial charge in [-0.2, -0.15) is 0 Å². The van der Waals surface area contributed by atoms with Crippen LogP contribution in [0.2, 0.25) is 0 Å². The topological polar surface area (TPSA) is 43.1 Å². The van der Waals surface area contributed by atoms with E-state index in [4.69, 9.17) is 5.73 Å². The molecule has 0 saturated heterocycles. The number of aryl methyl sites for hydroxylation is 2. The van der Waals surface area contributed by atoms with Crippen molar-refractivity contribution in [3.63, 3.8) is 0 Å². The van der Waals surface area contributed by atoms with Gasteiger partial charge >= 0.3 is 0 Å². The standard InChI is InChI=1S/C12H19NOS/c1-4-15(14)8-12(13)11-6-9(2)5-10(3)7-11/h5-7,12H,4,8,13H2,1-3H3. The summed E-state index contributed by atoms with van der Waals surface area (Å²) in [6.45, 7) is 6.03. The zero-order chi connectivity index (χ0) is 11.4. The number of rotatable bonds is 4. The molecule has 3 heteroatoms. The molecule has 2 N–H and O–H groups in total. The van der Waals surface area contributed by atoms with E-state index in [1.807, 2.05) is 6.92 Å². The first-order valence-electron chi connectivity index (χ1n) is 5.21. The lowest BCUT2D eigenvalue weighted by Gasteiger charge is -2.12. The van der Waals surface area contributed by atoms with Crippen molar-refractivity contribution >= 4 is 10.8 Å². The summed E-state index contributed by atoms with van der Waals surface area (Å²) < 4.78 is 11.4. The first kappa shape index (κ1) is 12.4. The summed E-state index contributed by atoms with van der Waals surface area (Å²) in [5, 5.41) is 0. The Labute approximate surface area is 94.3 Å². The number of benzene rings is 1. The van der Waals surface area contributed by atoms with Crippen molar-refractivity contribution in [3.05, 3.63) is 34.9 Å². The van der Waals surface area contributed by atoms with Crippen LogP contribution in [0.5, 0.6) is 0 Å². The minimum Gasteiger partial charge on any atom is -0.323 e. The lowest BCUT2D eigenvalue weighted by Crippen LogP contribution is -2.19. The van der Waals surface area contributed by atoms with Gasteiger partial charge in [-0.1, -0.05) is 36.2 Å². The molecule has 0 spiro atoms. The van der Waals surface area contributed by atoms with Crippen LogP contribution in [0.4, 0.5) is 0 Å². The Hall–Kier alpha value is -0.670. The van der Waals surface area contributed by atoms with Crippen LogP contribution in [0.15, 0.2) is 18.2 Å². The average molecular weight is 225 g/mol. The van der Waals surface area contributed by atoms with Crippen LogP contribution < -0.4 is 5.73 Å². The molecule has 0 aliphatic heterocycles. The molecule has 2 unspecified atom stereocenters. The van der Waals surface area contributed by atoms with Crippen LogP contribution in [-0.2, 0) is 10.8 Å². The number of nitrogens with two attached hydrogens (primary N) is 1. The molecule has 0 aliphatic rings. The Kier molecular flexibility index (Phi) is 4.48. The zero-order valence-electron chi connectivity index (χ0n) is 9.62. The van der Waals surface area contributed by atoms with E-state index in [9.17, 15) is 4.21 Å². The maximum atomic E-state index is 11.4. The lowest BCUT2D eigenvalue weighted by atomic mass is 10.0. The van der Waals surface area contributed by atoms with Crippen molar-refractivity contribution in [2.45, 2.75) is 26.8 Å². The molecule has 0 heterocycles. The van der Waals surface area contributed by atoms with Gasteiger partial charge in [0, 0.05) is 28.3 Å². The summed E-state index contributed by atoms with van der Waals surface area (Å²) >= 11 is 0. The molecule has 2 atom stereocenters. The molecule has 0 saturated carbocycles. The van der Waals surface area contributed by atoms with Gasteiger partial charge in [0.1, 0.15) is 0 Å². The maximum Gasteiger partial charge on any atom is 0.0428 e. The van der Waals surface area contributed by atoms with E-state index in [1.165, 1.54) is 11.1 Å². The third kappa shape index (κ3) is 3.76. The predicted molar refractivity (Wildman–Crippen MR) is 66.4 cm³/mol. The summed E-state index contributed by atoms with van der Waals surface area (Å²) in [5.41, 5.74) is 9.53. The highest BCUT2D eigenvalue weighted by Crippen LogP contribution is 2.16. The molecule has 0 aromatic heterocycles. The Morgan fingerprint density at radius 3 is 2.27 bits per heavy atom. The second kappa shape index (κ2) is 5.42. The van der Waals surface area contributed by atoms with Crippen LogP contribution in [0, 0.1) is 13.8 Å². The average Bonchev–Trinajstić information content (AvgIpc) is 2.16. The van der Waals surface area contributed by atoms with Crippen LogP contribution in [-0.4, -0.2) is 15.7 Å². The molecule has 0 radical (unpaired) electrons. The van der Waals surface area contributed by atoms with Gasteiger partial charge in [0.2, 0.25) is 0 Å². The molecule has 1 rings (SSSR count). The molecular weight excluding hydrogens is 206 g/mol. The summed E-state index contributed by atoms with van der Waals surface area (Å²) in [6, 6.07) is 6.16. The first-order valence-corrected chi connectivity index (χ1v) is 6.70. The van der Waals surface area contributed by atoms with Gasteiger partial charge in [0.25, 0.3) is 0 Å². The molecule has 15 heavy (non-hydrogen) atoms. The summed E-state index contributed by atoms with van der Waals surface area (Å²) in [6.07, 6.45) is 0. The van der Waals surface area contributed by atoms with Crippen molar-refractivity contribution in [1.29, 1.82) is 0 Å². The highest BCUT2D eigenvalue weighted by Gasteiger charge is 2.09. The third-order valence-electron chi connectivity index (χ3n) is 2.36. The second-order valence-electron chi connectivity index (χ2n) is 3.92. The van der Waals surface area contributed by atoms with Crippen molar-refractivity contribution < 1.29 is 4.21 Å². The summed E-state index contributed by atoms with van der Waals surface area (Å²) in [4.78, 5) is 0. The monoisotopic (exact) mass is 225 g/mol. The largest absolute Gasteiger partial charge is 0.323 e. The Morgan fingerprint density at radius 1 is 1.27 bits per heavy atom. The third-order valence-corrected chi connectivity index (χ3v) is 3.73. The van der Waals surface area contributed by atoms with Crippen LogP contribution in [0.3, 0.4) is 0 Å². The van der Waals surface area contributed by atoms with E-state index in [-0.39, 0.29) is 6.04 Å². The van der Waals surface area contributed by atoms with E-state index in [0.717, 1.165) is 5.56 Å². The minimum absolute atomic E-state index is 0.107. The van der Waals surface area contributed by atoms with Crippen molar-refractivity contribution in [3.8, 4) is 0 Å². The number of hydrogen-bond acceptors (Lipinski definition) is 2. The zero-order valence-corrected chi connectivity index (χ0v) is 10.4. The Balaban J connectivity index is 2.81. The van der Waals surface area contributed by atoms with Crippen LogP contribution in [0.1, 0.15) is 29.7 Å². The van der Waals surface area contributed by atoms with Gasteiger partial charge in [0.05, 0.1) is 0 Å². The van der Waals surface area contributed by atoms with Gasteiger partial charge in [-0.25, -0.2) is 0 Å². The molecule has 0 fully saturated rings. The normalized spacial score (nSPS) is 14.9. The molecule has 0 amide bonds. The number of hydrogen-bond donors (Lipinski definition) is 1. The molecule has 0 bridgehead atoms. The summed E-state index contributed by atoms with van der Waals surface area (Å²) in [5.74, 6) is 1.23. The van der Waals surface area contributed by atoms with Crippen molar-refractivity contribution in [2.75, 3.05) is 11.5 Å². The summed E-state index contributed by atoms with van der Waals surface area (Å²) in [7, 11) is -0.796. The smallest absolute Gasteiger partial charge is 0.0428 e. The minimum atomic E-state index is -0.796. The van der Waals surface area contributed by atoms with Gasteiger partial charge in [-0.05, 0) is 19.4 Å². The highest BCUT2D eigenvalue weighted by molar-refractivity contribution is 7.84. The van der Waals surface area contributed by atoms with E-state index < -0.39 is 10.8 Å². The van der Waals surface area contributed by atoms with Crippen LogP contribution >= 0.6 is 0 Å². The molecular formula is C12H19NOS. The molecule has 84 valence electrons. The predicted octanol–water partition coefficient (Wildman–Crippen LogP) is 2.07. The second-order valence-corrected chi connectivity index (χ2v) is 5.71. The van der Waals surface area contributed by atoms with Crippen LogP contribution in [0.25, 0.3) is 0 Å². The lowest BCUT2D eigenvalue weighted by molar-refractivity contribution is 0.676. The van der Waals surface area contributed by atoms with Crippen molar-refractivity contribution in [1.82, 2.24) is 0 Å². The van der Waals surface area contributed by atoms with Gasteiger partial charge in [-0.15, -0.1) is 0 Å². The first-order chi connectivity index (χ1) is 7.02. The fourth-order valence-corrected chi connectivity index (χ4v) is 2.47. The molecule has 0 aliphatic carbocycles. The molecule has 1 aromatic carbocycles. The SMILES string of the molecule is CCS(=O)CC(N)c1cc(C)cc(C)c1. The van der Waals surface area contributed by atoms with Gasteiger partial charge in [0.15, 0.2) is 0 Å². The quantitative estimate of drug-likeness (QED) is 0.852. The van der Waals surface area contributed by atoms with E-state index >= 15 is 0 Å². The Bertz CT molecular complexity index is 342. The fraction of sp³-hybridized carbons (Fsp3) is 0.500. The van der Waals surface area contributed by atoms with Gasteiger partial charge < -0.3 is 5.73 Å². The Morgan fingerprint density at radius 2 is 1.80 bits per heavy atom. The van der Waals surface area contributed by atoms with E-state index in [0.29, 0.717) is 11.5 Å². The fourth-order valence-electron chi connectivity index (χ4n) is 1.64. The maximum absolute atomic E-state index is 11.4. The van der Waals surface area contributed by atoms with Crippen molar-refractivity contribution in [2.24, 2.45) is 5.73 Å². The molecule has 2 nitrogen and oxygen atoms in total. The van der Waals surface area contributed by atoms with Gasteiger partial charge in [-0.3, -0.25) is 4.21 Å². The molecule has 1 aromatic rings. The van der Waals surface area contributed by atoms with E-state index in [2.05, 4.69) is 32.0 Å².